The van der Waals surface area contributed by atoms with Crippen LogP contribution in [-0.2, 0) is 14.3 Å². The molecule has 1 aliphatic rings. The summed E-state index contributed by atoms with van der Waals surface area (Å²) in [6.07, 6.45) is 1.34. The van der Waals surface area contributed by atoms with Crippen LogP contribution in [0, 0.1) is 0 Å². The Morgan fingerprint density at radius 2 is 2.00 bits per heavy atom. The summed E-state index contributed by atoms with van der Waals surface area (Å²) >= 11 is 0. The van der Waals surface area contributed by atoms with Crippen molar-refractivity contribution in [3.8, 4) is 5.75 Å². The molecule has 0 atom stereocenters. The fourth-order valence-electron chi connectivity index (χ4n) is 1.30. The maximum atomic E-state index is 11.2. The SMILES string of the molecule is O=C1COC(=O)/C1=C\c1ccccc1O. The molecule has 1 saturated heterocycles. The maximum absolute atomic E-state index is 11.2. The van der Waals surface area contributed by atoms with Crippen LogP contribution in [-0.4, -0.2) is 23.5 Å². The minimum absolute atomic E-state index is 0.0171. The number of phenols is 1. The Kier molecular flexibility index (Phi) is 2.25. The average molecular weight is 204 g/mol. The Morgan fingerprint density at radius 3 is 2.60 bits per heavy atom. The number of benzene rings is 1. The summed E-state index contributed by atoms with van der Waals surface area (Å²) in [6.45, 7) is -0.210. The summed E-state index contributed by atoms with van der Waals surface area (Å²) in [4.78, 5) is 22.3. The van der Waals surface area contributed by atoms with Crippen molar-refractivity contribution in [2.45, 2.75) is 0 Å². The number of ether oxygens (including phenoxy) is 1. The molecule has 0 aliphatic carbocycles. The summed E-state index contributed by atoms with van der Waals surface area (Å²) in [5.41, 5.74) is 0.413. The van der Waals surface area contributed by atoms with Gasteiger partial charge in [-0.1, -0.05) is 18.2 Å². The number of phenolic OH excluding ortho intramolecular Hbond substituents is 1. The second-order valence-electron chi connectivity index (χ2n) is 3.12. The molecule has 15 heavy (non-hydrogen) atoms. The van der Waals surface area contributed by atoms with Gasteiger partial charge >= 0.3 is 5.97 Å². The molecule has 1 N–H and O–H groups in total. The number of rotatable bonds is 1. The minimum Gasteiger partial charge on any atom is -0.507 e. The van der Waals surface area contributed by atoms with Crippen LogP contribution in [0.2, 0.25) is 0 Å². The van der Waals surface area contributed by atoms with Gasteiger partial charge in [-0.25, -0.2) is 4.79 Å². The van der Waals surface area contributed by atoms with Crippen molar-refractivity contribution in [3.05, 3.63) is 35.4 Å². The van der Waals surface area contributed by atoms with Crippen molar-refractivity contribution in [3.63, 3.8) is 0 Å². The molecule has 1 aromatic carbocycles. The van der Waals surface area contributed by atoms with Crippen molar-refractivity contribution < 1.29 is 19.4 Å². The van der Waals surface area contributed by atoms with Gasteiger partial charge in [0.1, 0.15) is 11.3 Å². The van der Waals surface area contributed by atoms with Crippen LogP contribution in [0.3, 0.4) is 0 Å². The van der Waals surface area contributed by atoms with E-state index in [-0.39, 0.29) is 23.7 Å². The molecule has 1 fully saturated rings. The van der Waals surface area contributed by atoms with Crippen molar-refractivity contribution in [2.24, 2.45) is 0 Å². The Hall–Kier alpha value is -2.10. The monoisotopic (exact) mass is 204 g/mol. The first-order valence-corrected chi connectivity index (χ1v) is 4.38. The van der Waals surface area contributed by atoms with E-state index in [0.29, 0.717) is 5.56 Å². The molecule has 0 unspecified atom stereocenters. The van der Waals surface area contributed by atoms with E-state index in [1.54, 1.807) is 18.2 Å². The third kappa shape index (κ3) is 1.74. The smallest absolute Gasteiger partial charge is 0.342 e. The van der Waals surface area contributed by atoms with Gasteiger partial charge in [0.05, 0.1) is 0 Å². The first-order valence-electron chi connectivity index (χ1n) is 4.38. The highest BCUT2D eigenvalue weighted by Crippen LogP contribution is 2.21. The summed E-state index contributed by atoms with van der Waals surface area (Å²) in [7, 11) is 0. The second-order valence-corrected chi connectivity index (χ2v) is 3.12. The van der Waals surface area contributed by atoms with Gasteiger partial charge in [0, 0.05) is 5.56 Å². The number of carbonyl (C=O) groups excluding carboxylic acids is 2. The number of esters is 1. The quantitative estimate of drug-likeness (QED) is 0.419. The lowest BCUT2D eigenvalue weighted by molar-refractivity contribution is -0.135. The number of cyclic esters (lactones) is 1. The van der Waals surface area contributed by atoms with Gasteiger partial charge in [0.25, 0.3) is 0 Å². The van der Waals surface area contributed by atoms with E-state index in [0.717, 1.165) is 0 Å². The molecule has 0 saturated carbocycles. The van der Waals surface area contributed by atoms with Crippen LogP contribution in [0.25, 0.3) is 6.08 Å². The van der Waals surface area contributed by atoms with Gasteiger partial charge in [-0.3, -0.25) is 4.79 Å². The average Bonchev–Trinajstić information content (AvgIpc) is 2.53. The number of hydrogen-bond acceptors (Lipinski definition) is 4. The summed E-state index contributed by atoms with van der Waals surface area (Å²) < 4.78 is 4.55. The zero-order valence-electron chi connectivity index (χ0n) is 7.77. The maximum Gasteiger partial charge on any atom is 0.342 e. The summed E-state index contributed by atoms with van der Waals surface area (Å²) in [6, 6.07) is 6.46. The van der Waals surface area contributed by atoms with Gasteiger partial charge in [-0.05, 0) is 12.1 Å². The van der Waals surface area contributed by atoms with Crippen molar-refractivity contribution in [1.29, 1.82) is 0 Å². The molecule has 0 spiro atoms. The third-order valence-corrected chi connectivity index (χ3v) is 2.09. The lowest BCUT2D eigenvalue weighted by atomic mass is 10.1. The van der Waals surface area contributed by atoms with Crippen LogP contribution in [0.1, 0.15) is 5.56 Å². The molecule has 0 bridgehead atoms. The molecule has 2 rings (SSSR count). The fraction of sp³-hybridized carbons (Fsp3) is 0.0909. The number of carbonyl (C=O) groups is 2. The predicted octanol–water partition coefficient (Wildman–Crippen LogP) is 0.902. The topological polar surface area (TPSA) is 63.6 Å². The fourth-order valence-corrected chi connectivity index (χ4v) is 1.30. The Morgan fingerprint density at radius 1 is 1.27 bits per heavy atom. The summed E-state index contributed by atoms with van der Waals surface area (Å²) in [5, 5.41) is 9.44. The molecule has 1 heterocycles. The zero-order valence-corrected chi connectivity index (χ0v) is 7.77. The van der Waals surface area contributed by atoms with Gasteiger partial charge in [0.2, 0.25) is 5.78 Å². The van der Waals surface area contributed by atoms with Crippen LogP contribution >= 0.6 is 0 Å². The van der Waals surface area contributed by atoms with E-state index >= 15 is 0 Å². The van der Waals surface area contributed by atoms with E-state index in [1.165, 1.54) is 12.1 Å². The number of aromatic hydroxyl groups is 1. The van der Waals surface area contributed by atoms with E-state index in [2.05, 4.69) is 4.74 Å². The lowest BCUT2D eigenvalue weighted by Gasteiger charge is -1.97. The predicted molar refractivity (Wildman–Crippen MR) is 52.0 cm³/mol. The van der Waals surface area contributed by atoms with E-state index < -0.39 is 5.97 Å². The molecular weight excluding hydrogens is 196 g/mol. The van der Waals surface area contributed by atoms with E-state index in [1.807, 2.05) is 0 Å². The van der Waals surface area contributed by atoms with Gasteiger partial charge < -0.3 is 9.84 Å². The molecule has 4 heteroatoms. The molecule has 1 aliphatic heterocycles. The Bertz CT molecular complexity index is 441. The molecule has 1 aromatic rings. The highest BCUT2D eigenvalue weighted by molar-refractivity contribution is 6.24. The standard InChI is InChI=1S/C11H8O4/c12-9-4-2-1-3-7(9)5-8-10(13)6-15-11(8)14/h1-5,12H,6H2/b8-5-. The second kappa shape index (κ2) is 3.57. The molecule has 0 radical (unpaired) electrons. The van der Waals surface area contributed by atoms with Crippen LogP contribution in [0.15, 0.2) is 29.8 Å². The zero-order chi connectivity index (χ0) is 10.8. The number of para-hydroxylation sites is 1. The van der Waals surface area contributed by atoms with Gasteiger partial charge in [-0.15, -0.1) is 0 Å². The van der Waals surface area contributed by atoms with Gasteiger partial charge in [-0.2, -0.15) is 0 Å². The Labute approximate surface area is 85.8 Å². The molecule has 0 aromatic heterocycles. The van der Waals surface area contributed by atoms with Crippen molar-refractivity contribution in [1.82, 2.24) is 0 Å². The highest BCUT2D eigenvalue weighted by atomic mass is 16.5. The minimum atomic E-state index is -0.636. The van der Waals surface area contributed by atoms with Crippen LogP contribution in [0.5, 0.6) is 5.75 Å². The van der Waals surface area contributed by atoms with Gasteiger partial charge in [0.15, 0.2) is 6.61 Å². The molecule has 4 nitrogen and oxygen atoms in total. The van der Waals surface area contributed by atoms with Crippen molar-refractivity contribution in [2.75, 3.05) is 6.61 Å². The number of Topliss-reactive ketones (excluding diaryl/α,β-unsaturated/α-hetero) is 1. The van der Waals surface area contributed by atoms with Crippen molar-refractivity contribution >= 4 is 17.8 Å². The van der Waals surface area contributed by atoms with E-state index in [4.69, 9.17) is 0 Å². The first-order chi connectivity index (χ1) is 7.18. The molecular formula is C11H8O4. The highest BCUT2D eigenvalue weighted by Gasteiger charge is 2.28. The lowest BCUT2D eigenvalue weighted by Crippen LogP contribution is -2.00. The number of hydrogen-bond donors (Lipinski definition) is 1. The molecule has 0 amide bonds. The summed E-state index contributed by atoms with van der Waals surface area (Å²) in [5.74, 6) is -0.969. The Balaban J connectivity index is 2.42. The van der Waals surface area contributed by atoms with E-state index in [9.17, 15) is 14.7 Å². The largest absolute Gasteiger partial charge is 0.507 e. The normalized spacial score (nSPS) is 18.3. The third-order valence-electron chi connectivity index (χ3n) is 2.09. The van der Waals surface area contributed by atoms with Crippen LogP contribution in [0.4, 0.5) is 0 Å². The molecule has 76 valence electrons. The van der Waals surface area contributed by atoms with Crippen LogP contribution < -0.4 is 0 Å². The number of ketones is 1. The first kappa shape index (κ1) is 9.45.